The molecule has 0 aliphatic heterocycles. The first kappa shape index (κ1) is 10.7. The van der Waals surface area contributed by atoms with Gasteiger partial charge in [0.1, 0.15) is 0 Å². The minimum Gasteiger partial charge on any atom is -0.316 e. The first-order valence-electron chi connectivity index (χ1n) is 6.03. The summed E-state index contributed by atoms with van der Waals surface area (Å²) >= 11 is 0. The molecule has 0 bridgehead atoms. The highest BCUT2D eigenvalue weighted by Gasteiger charge is 2.32. The fraction of sp³-hybridized carbons (Fsp3) is 0.750. The maximum atomic E-state index is 4.50. The van der Waals surface area contributed by atoms with Crippen molar-refractivity contribution in [3.63, 3.8) is 0 Å². The van der Waals surface area contributed by atoms with Crippen LogP contribution in [0.1, 0.15) is 37.9 Å². The summed E-state index contributed by atoms with van der Waals surface area (Å²) in [5, 5.41) is 8.00. The predicted octanol–water partition coefficient (Wildman–Crippen LogP) is 2.14. The Morgan fingerprint density at radius 3 is 2.93 bits per heavy atom. The maximum absolute atomic E-state index is 4.50. The van der Waals surface area contributed by atoms with Gasteiger partial charge in [-0.3, -0.25) is 4.68 Å². The number of nitrogens with one attached hydrogen (secondary N) is 1. The molecule has 1 N–H and O–H groups in total. The van der Waals surface area contributed by atoms with Crippen LogP contribution in [0.4, 0.5) is 0 Å². The van der Waals surface area contributed by atoms with E-state index >= 15 is 0 Å². The van der Waals surface area contributed by atoms with Gasteiger partial charge in [-0.2, -0.15) is 5.10 Å². The molecule has 1 aliphatic carbocycles. The molecular weight excluding hydrogens is 186 g/mol. The standard InChI is InChI=1S/C12H21N3/c1-3-7-13-9-11-4-5-12(11)15-8-6-10(2)14-15/h6,8,11-13H,3-5,7,9H2,1-2H3. The molecular formula is C12H21N3. The fourth-order valence-electron chi connectivity index (χ4n) is 2.22. The van der Waals surface area contributed by atoms with Crippen molar-refractivity contribution < 1.29 is 0 Å². The largest absolute Gasteiger partial charge is 0.316 e. The SMILES string of the molecule is CCCNCC1CCC1n1ccc(C)n1. The van der Waals surface area contributed by atoms with E-state index in [1.54, 1.807) is 0 Å². The number of rotatable bonds is 5. The van der Waals surface area contributed by atoms with Gasteiger partial charge in [0.15, 0.2) is 0 Å². The average molecular weight is 207 g/mol. The molecule has 1 aromatic heterocycles. The van der Waals surface area contributed by atoms with Crippen LogP contribution in [0.2, 0.25) is 0 Å². The molecule has 0 spiro atoms. The van der Waals surface area contributed by atoms with Crippen LogP contribution in [0, 0.1) is 12.8 Å². The molecule has 3 nitrogen and oxygen atoms in total. The topological polar surface area (TPSA) is 29.9 Å². The first-order chi connectivity index (χ1) is 7.31. The lowest BCUT2D eigenvalue weighted by molar-refractivity contribution is 0.163. The third-order valence-electron chi connectivity index (χ3n) is 3.29. The molecule has 2 atom stereocenters. The number of hydrogen-bond acceptors (Lipinski definition) is 2. The second kappa shape index (κ2) is 4.79. The van der Waals surface area contributed by atoms with Gasteiger partial charge in [-0.15, -0.1) is 0 Å². The number of aromatic nitrogens is 2. The normalized spacial score (nSPS) is 25.2. The van der Waals surface area contributed by atoms with Crippen molar-refractivity contribution in [2.45, 2.75) is 39.2 Å². The van der Waals surface area contributed by atoms with Crippen LogP contribution in [-0.2, 0) is 0 Å². The highest BCUT2D eigenvalue weighted by molar-refractivity contribution is 4.98. The lowest BCUT2D eigenvalue weighted by atomic mass is 9.79. The van der Waals surface area contributed by atoms with Crippen molar-refractivity contribution in [3.8, 4) is 0 Å². The van der Waals surface area contributed by atoms with Gasteiger partial charge in [0.2, 0.25) is 0 Å². The highest BCUT2D eigenvalue weighted by Crippen LogP contribution is 2.37. The summed E-state index contributed by atoms with van der Waals surface area (Å²) in [5.41, 5.74) is 1.13. The Bertz CT molecular complexity index is 306. The van der Waals surface area contributed by atoms with E-state index < -0.39 is 0 Å². The van der Waals surface area contributed by atoms with Crippen molar-refractivity contribution in [1.29, 1.82) is 0 Å². The Morgan fingerprint density at radius 1 is 1.53 bits per heavy atom. The minimum atomic E-state index is 0.642. The Hall–Kier alpha value is -0.830. The van der Waals surface area contributed by atoms with E-state index in [0.29, 0.717) is 6.04 Å². The summed E-state index contributed by atoms with van der Waals surface area (Å²) in [4.78, 5) is 0. The van der Waals surface area contributed by atoms with Gasteiger partial charge in [0, 0.05) is 6.20 Å². The zero-order chi connectivity index (χ0) is 10.7. The summed E-state index contributed by atoms with van der Waals surface area (Å²) in [7, 11) is 0. The highest BCUT2D eigenvalue weighted by atomic mass is 15.3. The summed E-state index contributed by atoms with van der Waals surface area (Å²) in [6.45, 7) is 6.56. The quantitative estimate of drug-likeness (QED) is 0.750. The van der Waals surface area contributed by atoms with Crippen molar-refractivity contribution in [2.75, 3.05) is 13.1 Å². The van der Waals surface area contributed by atoms with Crippen molar-refractivity contribution in [1.82, 2.24) is 15.1 Å². The molecule has 1 saturated carbocycles. The molecule has 0 amide bonds. The molecule has 1 fully saturated rings. The summed E-state index contributed by atoms with van der Waals surface area (Å²) in [6.07, 6.45) is 5.98. The van der Waals surface area contributed by atoms with Gasteiger partial charge in [-0.05, 0) is 51.3 Å². The number of hydrogen-bond donors (Lipinski definition) is 1. The molecule has 0 aromatic carbocycles. The Balaban J connectivity index is 1.83. The van der Waals surface area contributed by atoms with E-state index in [2.05, 4.69) is 41.2 Å². The minimum absolute atomic E-state index is 0.642. The van der Waals surface area contributed by atoms with Gasteiger partial charge < -0.3 is 5.32 Å². The first-order valence-corrected chi connectivity index (χ1v) is 6.03. The van der Waals surface area contributed by atoms with E-state index in [1.807, 2.05) is 0 Å². The van der Waals surface area contributed by atoms with E-state index in [4.69, 9.17) is 0 Å². The lowest BCUT2D eigenvalue weighted by Crippen LogP contribution is -2.37. The molecule has 0 saturated heterocycles. The predicted molar refractivity (Wildman–Crippen MR) is 61.9 cm³/mol. The Labute approximate surface area is 91.9 Å². The van der Waals surface area contributed by atoms with Crippen LogP contribution >= 0.6 is 0 Å². The van der Waals surface area contributed by atoms with Gasteiger partial charge in [-0.1, -0.05) is 6.92 Å². The molecule has 3 heteroatoms. The zero-order valence-corrected chi connectivity index (χ0v) is 9.74. The van der Waals surface area contributed by atoms with Gasteiger partial charge in [0.25, 0.3) is 0 Å². The molecule has 1 aromatic rings. The van der Waals surface area contributed by atoms with E-state index in [1.165, 1.54) is 19.3 Å². The Kier molecular flexibility index (Phi) is 3.41. The van der Waals surface area contributed by atoms with Crippen LogP contribution in [0.3, 0.4) is 0 Å². The van der Waals surface area contributed by atoms with Crippen molar-refractivity contribution in [2.24, 2.45) is 5.92 Å². The summed E-state index contributed by atoms with van der Waals surface area (Å²) in [5.74, 6) is 0.788. The number of nitrogens with zero attached hydrogens (tertiary/aromatic N) is 2. The zero-order valence-electron chi connectivity index (χ0n) is 9.74. The second-order valence-corrected chi connectivity index (χ2v) is 4.55. The van der Waals surface area contributed by atoms with Crippen LogP contribution < -0.4 is 5.32 Å². The summed E-state index contributed by atoms with van der Waals surface area (Å²) in [6, 6.07) is 2.73. The van der Waals surface area contributed by atoms with E-state index in [9.17, 15) is 0 Å². The van der Waals surface area contributed by atoms with Gasteiger partial charge in [-0.25, -0.2) is 0 Å². The molecule has 1 aliphatic rings. The second-order valence-electron chi connectivity index (χ2n) is 4.55. The molecule has 2 rings (SSSR count). The smallest absolute Gasteiger partial charge is 0.0593 e. The molecule has 84 valence electrons. The molecule has 2 unspecified atom stereocenters. The van der Waals surface area contributed by atoms with Crippen LogP contribution in [-0.4, -0.2) is 22.9 Å². The molecule has 1 heterocycles. The maximum Gasteiger partial charge on any atom is 0.0593 e. The van der Waals surface area contributed by atoms with Crippen LogP contribution in [0.5, 0.6) is 0 Å². The van der Waals surface area contributed by atoms with E-state index in [-0.39, 0.29) is 0 Å². The molecule has 0 radical (unpaired) electrons. The van der Waals surface area contributed by atoms with Gasteiger partial charge in [0.05, 0.1) is 11.7 Å². The van der Waals surface area contributed by atoms with Crippen molar-refractivity contribution >= 4 is 0 Å². The number of aryl methyl sites for hydroxylation is 1. The Morgan fingerprint density at radius 2 is 2.40 bits per heavy atom. The van der Waals surface area contributed by atoms with Crippen LogP contribution in [0.25, 0.3) is 0 Å². The van der Waals surface area contributed by atoms with Crippen molar-refractivity contribution in [3.05, 3.63) is 18.0 Å². The lowest BCUT2D eigenvalue weighted by Gasteiger charge is -2.37. The molecule has 15 heavy (non-hydrogen) atoms. The average Bonchev–Trinajstić information content (AvgIpc) is 2.57. The third-order valence-corrected chi connectivity index (χ3v) is 3.29. The van der Waals surface area contributed by atoms with Gasteiger partial charge >= 0.3 is 0 Å². The summed E-state index contributed by atoms with van der Waals surface area (Å²) < 4.78 is 2.15. The third kappa shape index (κ3) is 2.40. The van der Waals surface area contributed by atoms with Crippen LogP contribution in [0.15, 0.2) is 12.3 Å². The monoisotopic (exact) mass is 207 g/mol. The fourth-order valence-corrected chi connectivity index (χ4v) is 2.22. The van der Waals surface area contributed by atoms with E-state index in [0.717, 1.165) is 24.7 Å².